The van der Waals surface area contributed by atoms with Crippen LogP contribution in [0.5, 0.6) is 0 Å². The van der Waals surface area contributed by atoms with Crippen LogP contribution in [0.4, 0.5) is 10.5 Å². The molecule has 2 fully saturated rings. The Morgan fingerprint density at radius 3 is 2.30 bits per heavy atom. The minimum Gasteiger partial charge on any atom is -0.390 e. The number of rotatable bonds is 8. The van der Waals surface area contributed by atoms with Gasteiger partial charge in [-0.2, -0.15) is 0 Å². The van der Waals surface area contributed by atoms with Crippen molar-refractivity contribution in [3.05, 3.63) is 48.5 Å². The number of amides is 2. The molecule has 4 rings (SSSR count). The van der Waals surface area contributed by atoms with Crippen LogP contribution in [0, 0.1) is 17.8 Å². The minimum atomic E-state index is -0.00170. The number of nitrogens with zero attached hydrogens (tertiary/aromatic N) is 4. The first-order valence-electron chi connectivity index (χ1n) is 12.8. The van der Waals surface area contributed by atoms with Crippen molar-refractivity contribution < 1.29 is 9.90 Å². The molecule has 1 aromatic carbocycles. The monoisotopic (exact) mass is 452 g/mol. The van der Waals surface area contributed by atoms with E-state index >= 15 is 0 Å². The predicted octanol–water partition coefficient (Wildman–Crippen LogP) is 5.32. The standard InChI is InChI=1S/C27H40N4O2/c1-29(16-22-8-4-2-5-9-22)27(33)31(26-10-6-3-7-11-26)18-24-14-12-23(13-15-24)17-30-19-25(20-32)28-21-30/h3,6-7,10-11,19,21-24,32H,2,4-5,8-9,12-18,20H2,1H3. The van der Waals surface area contributed by atoms with Gasteiger partial charge in [0.2, 0.25) is 0 Å². The molecule has 0 saturated heterocycles. The van der Waals surface area contributed by atoms with E-state index in [1.807, 2.05) is 47.6 Å². The first-order valence-corrected chi connectivity index (χ1v) is 12.8. The van der Waals surface area contributed by atoms with Gasteiger partial charge in [-0.05, 0) is 68.4 Å². The smallest absolute Gasteiger partial charge is 0.324 e. The van der Waals surface area contributed by atoms with E-state index in [0.29, 0.717) is 17.8 Å². The Hall–Kier alpha value is -2.34. The largest absolute Gasteiger partial charge is 0.390 e. The van der Waals surface area contributed by atoms with E-state index in [1.54, 1.807) is 0 Å². The van der Waals surface area contributed by atoms with Crippen LogP contribution in [0.25, 0.3) is 0 Å². The maximum atomic E-state index is 13.5. The summed E-state index contributed by atoms with van der Waals surface area (Å²) in [6, 6.07) is 10.3. The number of aliphatic hydroxyl groups excluding tert-OH is 1. The van der Waals surface area contributed by atoms with Crippen molar-refractivity contribution in [2.24, 2.45) is 17.8 Å². The molecule has 6 heteroatoms. The highest BCUT2D eigenvalue weighted by atomic mass is 16.3. The Balaban J connectivity index is 1.34. The normalized spacial score (nSPS) is 21.6. The van der Waals surface area contributed by atoms with Gasteiger partial charge < -0.3 is 14.6 Å². The number of hydrogen-bond acceptors (Lipinski definition) is 3. The molecule has 180 valence electrons. The highest BCUT2D eigenvalue weighted by Crippen LogP contribution is 2.32. The number of hydrogen-bond donors (Lipinski definition) is 1. The van der Waals surface area contributed by atoms with E-state index in [1.165, 1.54) is 44.9 Å². The van der Waals surface area contributed by atoms with Gasteiger partial charge in [0, 0.05) is 38.6 Å². The summed E-state index contributed by atoms with van der Waals surface area (Å²) in [5.41, 5.74) is 1.74. The Morgan fingerprint density at radius 1 is 0.970 bits per heavy atom. The first kappa shape index (κ1) is 23.8. The molecule has 1 N–H and O–H groups in total. The molecular weight excluding hydrogens is 412 g/mol. The number of para-hydroxylation sites is 1. The summed E-state index contributed by atoms with van der Waals surface area (Å²) in [6.45, 7) is 2.63. The molecule has 0 atom stereocenters. The molecule has 33 heavy (non-hydrogen) atoms. The third kappa shape index (κ3) is 6.59. The van der Waals surface area contributed by atoms with Crippen LogP contribution in [0.2, 0.25) is 0 Å². The molecule has 1 aromatic heterocycles. The fourth-order valence-corrected chi connectivity index (χ4v) is 5.68. The Bertz CT molecular complexity index is 854. The number of aromatic nitrogens is 2. The molecule has 0 radical (unpaired) electrons. The second-order valence-electron chi connectivity index (χ2n) is 10.2. The molecular formula is C27H40N4O2. The van der Waals surface area contributed by atoms with Crippen LogP contribution in [0.15, 0.2) is 42.9 Å². The van der Waals surface area contributed by atoms with Gasteiger partial charge in [-0.1, -0.05) is 37.5 Å². The fraction of sp³-hybridized carbons (Fsp3) is 0.630. The summed E-state index contributed by atoms with van der Waals surface area (Å²) in [5.74, 6) is 1.82. The zero-order valence-corrected chi connectivity index (χ0v) is 20.1. The van der Waals surface area contributed by atoms with Crippen molar-refractivity contribution in [3.8, 4) is 0 Å². The van der Waals surface area contributed by atoms with Crippen LogP contribution in [0.1, 0.15) is 63.5 Å². The van der Waals surface area contributed by atoms with Crippen molar-refractivity contribution >= 4 is 11.7 Å². The zero-order valence-electron chi connectivity index (χ0n) is 20.1. The molecule has 1 heterocycles. The lowest BCUT2D eigenvalue weighted by Crippen LogP contribution is -2.45. The molecule has 6 nitrogen and oxygen atoms in total. The number of benzene rings is 1. The summed E-state index contributed by atoms with van der Waals surface area (Å²) >= 11 is 0. The predicted molar refractivity (Wildman–Crippen MR) is 132 cm³/mol. The van der Waals surface area contributed by atoms with Gasteiger partial charge in [0.25, 0.3) is 0 Å². The van der Waals surface area contributed by atoms with Gasteiger partial charge in [0.05, 0.1) is 18.6 Å². The number of anilines is 1. The fourth-order valence-electron chi connectivity index (χ4n) is 5.68. The second-order valence-corrected chi connectivity index (χ2v) is 10.2. The number of urea groups is 1. The third-order valence-corrected chi connectivity index (χ3v) is 7.61. The highest BCUT2D eigenvalue weighted by molar-refractivity contribution is 5.91. The van der Waals surface area contributed by atoms with Crippen LogP contribution < -0.4 is 4.90 Å². The number of carbonyl (C=O) groups is 1. The lowest BCUT2D eigenvalue weighted by Gasteiger charge is -2.36. The van der Waals surface area contributed by atoms with E-state index in [2.05, 4.69) is 21.7 Å². The SMILES string of the molecule is CN(CC1CCCCC1)C(=O)N(CC1CCC(Cn2cnc(CO)c2)CC1)c1ccccc1. The van der Waals surface area contributed by atoms with Gasteiger partial charge in [-0.25, -0.2) is 9.78 Å². The van der Waals surface area contributed by atoms with Crippen molar-refractivity contribution in [1.29, 1.82) is 0 Å². The van der Waals surface area contributed by atoms with E-state index in [4.69, 9.17) is 0 Å². The summed E-state index contributed by atoms with van der Waals surface area (Å²) in [7, 11) is 1.98. The quantitative estimate of drug-likeness (QED) is 0.590. The number of carbonyl (C=O) groups excluding carboxylic acids is 1. The van der Waals surface area contributed by atoms with Gasteiger partial charge in [-0.3, -0.25) is 4.90 Å². The molecule has 0 aliphatic heterocycles. The van der Waals surface area contributed by atoms with Crippen molar-refractivity contribution in [3.63, 3.8) is 0 Å². The van der Waals surface area contributed by atoms with E-state index < -0.39 is 0 Å². The zero-order chi connectivity index (χ0) is 23.0. The van der Waals surface area contributed by atoms with Crippen LogP contribution in [0.3, 0.4) is 0 Å². The van der Waals surface area contributed by atoms with E-state index in [9.17, 15) is 9.90 Å². The van der Waals surface area contributed by atoms with Crippen molar-refractivity contribution in [2.75, 3.05) is 25.0 Å². The summed E-state index contributed by atoms with van der Waals surface area (Å²) in [4.78, 5) is 21.8. The van der Waals surface area contributed by atoms with Gasteiger partial charge in [0.1, 0.15) is 0 Å². The molecule has 0 unspecified atom stereocenters. The van der Waals surface area contributed by atoms with Gasteiger partial charge in [0.15, 0.2) is 0 Å². The van der Waals surface area contributed by atoms with Crippen molar-refractivity contribution in [2.45, 2.75) is 70.9 Å². The first-order chi connectivity index (χ1) is 16.1. The molecule has 0 bridgehead atoms. The molecule has 2 aromatic rings. The average molecular weight is 453 g/mol. The van der Waals surface area contributed by atoms with Crippen molar-refractivity contribution in [1.82, 2.24) is 14.5 Å². The lowest BCUT2D eigenvalue weighted by atomic mass is 9.81. The van der Waals surface area contributed by atoms with Gasteiger partial charge in [-0.15, -0.1) is 0 Å². The van der Waals surface area contributed by atoms with Crippen LogP contribution in [-0.2, 0) is 13.2 Å². The maximum absolute atomic E-state index is 13.5. The Labute approximate surface area is 198 Å². The Morgan fingerprint density at radius 2 is 1.64 bits per heavy atom. The molecule has 2 aliphatic rings. The molecule has 2 amide bonds. The number of imidazole rings is 1. The summed E-state index contributed by atoms with van der Waals surface area (Å²) in [6.07, 6.45) is 14.9. The topological polar surface area (TPSA) is 61.6 Å². The van der Waals surface area contributed by atoms with Gasteiger partial charge >= 0.3 is 6.03 Å². The number of aliphatic hydroxyl groups is 1. The maximum Gasteiger partial charge on any atom is 0.324 e. The highest BCUT2D eigenvalue weighted by Gasteiger charge is 2.28. The summed E-state index contributed by atoms with van der Waals surface area (Å²) < 4.78 is 2.11. The molecule has 2 aliphatic carbocycles. The lowest BCUT2D eigenvalue weighted by molar-refractivity contribution is 0.194. The van der Waals surface area contributed by atoms with Crippen LogP contribution in [-0.4, -0.2) is 45.7 Å². The van der Waals surface area contributed by atoms with Crippen LogP contribution >= 0.6 is 0 Å². The minimum absolute atomic E-state index is 0.00170. The van der Waals surface area contributed by atoms with E-state index in [0.717, 1.165) is 43.9 Å². The third-order valence-electron chi connectivity index (χ3n) is 7.61. The summed E-state index contributed by atoms with van der Waals surface area (Å²) in [5, 5.41) is 9.23. The molecule has 2 saturated carbocycles. The average Bonchev–Trinajstić information content (AvgIpc) is 3.32. The second kappa shape index (κ2) is 11.7. The Kier molecular flexibility index (Phi) is 8.43. The van der Waals surface area contributed by atoms with E-state index in [-0.39, 0.29) is 12.6 Å². The molecule has 0 spiro atoms.